The molecule has 1 aromatic carbocycles. The smallest absolute Gasteiger partial charge is 0.230 e. The summed E-state index contributed by atoms with van der Waals surface area (Å²) in [5.41, 5.74) is 2.55. The van der Waals surface area contributed by atoms with E-state index in [-0.39, 0.29) is 12.3 Å². The van der Waals surface area contributed by atoms with Gasteiger partial charge in [-0.05, 0) is 30.7 Å². The number of rotatable bonds is 6. The third-order valence-electron chi connectivity index (χ3n) is 3.47. The SMILES string of the molecule is CCNc1cc(-c2csc(NC(=O)Cc3ccccc3Cl)n2)ccn1. The van der Waals surface area contributed by atoms with Gasteiger partial charge in [0.2, 0.25) is 5.91 Å². The Kier molecular flexibility index (Phi) is 5.63. The number of carbonyl (C=O) groups excluding carboxylic acids is 1. The predicted octanol–water partition coefficient (Wildman–Crippen LogP) is 4.47. The Hall–Kier alpha value is -2.44. The van der Waals surface area contributed by atoms with Crippen molar-refractivity contribution in [2.75, 3.05) is 17.2 Å². The maximum atomic E-state index is 12.2. The van der Waals surface area contributed by atoms with Gasteiger partial charge in [0, 0.05) is 28.7 Å². The van der Waals surface area contributed by atoms with E-state index in [9.17, 15) is 4.79 Å². The zero-order valence-electron chi connectivity index (χ0n) is 13.6. The highest BCUT2D eigenvalue weighted by atomic mass is 35.5. The molecule has 7 heteroatoms. The summed E-state index contributed by atoms with van der Waals surface area (Å²) in [6, 6.07) is 11.2. The zero-order valence-corrected chi connectivity index (χ0v) is 15.2. The maximum absolute atomic E-state index is 12.2. The van der Waals surface area contributed by atoms with E-state index in [1.54, 1.807) is 12.3 Å². The molecule has 0 saturated carbocycles. The van der Waals surface area contributed by atoms with Crippen molar-refractivity contribution >= 4 is 39.8 Å². The average Bonchev–Trinajstić information content (AvgIpc) is 3.06. The van der Waals surface area contributed by atoms with Crippen LogP contribution in [0.3, 0.4) is 0 Å². The first-order valence-corrected chi connectivity index (χ1v) is 9.10. The fourth-order valence-electron chi connectivity index (χ4n) is 2.31. The second-order valence-electron chi connectivity index (χ2n) is 5.31. The molecule has 0 aliphatic carbocycles. The second kappa shape index (κ2) is 8.09. The van der Waals surface area contributed by atoms with Crippen molar-refractivity contribution in [2.45, 2.75) is 13.3 Å². The molecule has 3 aromatic rings. The molecule has 0 saturated heterocycles. The molecule has 0 radical (unpaired) electrons. The number of benzene rings is 1. The van der Waals surface area contributed by atoms with E-state index in [0.717, 1.165) is 29.2 Å². The van der Waals surface area contributed by atoms with Gasteiger partial charge in [-0.2, -0.15) is 0 Å². The van der Waals surface area contributed by atoms with Gasteiger partial charge in [0.25, 0.3) is 0 Å². The highest BCUT2D eigenvalue weighted by Crippen LogP contribution is 2.26. The minimum atomic E-state index is -0.142. The highest BCUT2D eigenvalue weighted by Gasteiger charge is 2.11. The molecule has 1 amide bonds. The number of nitrogens with zero attached hydrogens (tertiary/aromatic N) is 2. The Bertz CT molecular complexity index is 881. The first kappa shape index (κ1) is 17.4. The first-order valence-electron chi connectivity index (χ1n) is 7.85. The molecular weight excluding hydrogens is 356 g/mol. The molecule has 0 fully saturated rings. The van der Waals surface area contributed by atoms with E-state index in [4.69, 9.17) is 11.6 Å². The summed E-state index contributed by atoms with van der Waals surface area (Å²) in [6.07, 6.45) is 1.96. The van der Waals surface area contributed by atoms with Gasteiger partial charge >= 0.3 is 0 Å². The van der Waals surface area contributed by atoms with Crippen LogP contribution in [0, 0.1) is 0 Å². The summed E-state index contributed by atoms with van der Waals surface area (Å²) < 4.78 is 0. The zero-order chi connectivity index (χ0) is 17.6. The topological polar surface area (TPSA) is 66.9 Å². The average molecular weight is 373 g/mol. The van der Waals surface area contributed by atoms with E-state index >= 15 is 0 Å². The molecule has 2 N–H and O–H groups in total. The lowest BCUT2D eigenvalue weighted by Crippen LogP contribution is -2.14. The molecule has 0 unspecified atom stereocenters. The molecular formula is C18H17ClN4OS. The molecule has 2 aromatic heterocycles. The lowest BCUT2D eigenvalue weighted by Gasteiger charge is -2.04. The molecule has 25 heavy (non-hydrogen) atoms. The van der Waals surface area contributed by atoms with Crippen molar-refractivity contribution in [3.05, 3.63) is 58.6 Å². The van der Waals surface area contributed by atoms with Gasteiger partial charge in [-0.1, -0.05) is 29.8 Å². The van der Waals surface area contributed by atoms with Crippen LogP contribution in [0.1, 0.15) is 12.5 Å². The molecule has 5 nitrogen and oxygen atoms in total. The van der Waals surface area contributed by atoms with Gasteiger partial charge in [-0.25, -0.2) is 9.97 Å². The molecule has 2 heterocycles. The van der Waals surface area contributed by atoms with Crippen molar-refractivity contribution in [3.8, 4) is 11.3 Å². The predicted molar refractivity (Wildman–Crippen MR) is 103 cm³/mol. The van der Waals surface area contributed by atoms with E-state index in [1.165, 1.54) is 11.3 Å². The number of halogens is 1. The fourth-order valence-corrected chi connectivity index (χ4v) is 3.25. The number of thiazole rings is 1. The summed E-state index contributed by atoms with van der Waals surface area (Å²) in [6.45, 7) is 2.82. The molecule has 0 bridgehead atoms. The van der Waals surface area contributed by atoms with E-state index in [0.29, 0.717) is 10.2 Å². The van der Waals surface area contributed by atoms with Crippen molar-refractivity contribution in [1.29, 1.82) is 0 Å². The van der Waals surface area contributed by atoms with Crippen LogP contribution in [0.5, 0.6) is 0 Å². The maximum Gasteiger partial charge on any atom is 0.230 e. The number of amides is 1. The number of anilines is 2. The quantitative estimate of drug-likeness (QED) is 0.669. The number of nitrogens with one attached hydrogen (secondary N) is 2. The standard InChI is InChI=1S/C18H17ClN4OS/c1-2-20-16-9-13(7-8-21-16)15-11-25-18(22-15)23-17(24)10-12-5-3-4-6-14(12)19/h3-9,11H,2,10H2,1H3,(H,20,21)(H,22,23,24). The van der Waals surface area contributed by atoms with Gasteiger partial charge < -0.3 is 10.6 Å². The number of carbonyl (C=O) groups is 1. The Morgan fingerprint density at radius 2 is 2.12 bits per heavy atom. The van der Waals surface area contributed by atoms with Crippen LogP contribution in [0.4, 0.5) is 10.9 Å². The summed E-state index contributed by atoms with van der Waals surface area (Å²) in [7, 11) is 0. The molecule has 128 valence electrons. The summed E-state index contributed by atoms with van der Waals surface area (Å²) in [4.78, 5) is 20.9. The van der Waals surface area contributed by atoms with Gasteiger partial charge in [0.1, 0.15) is 5.82 Å². The lowest BCUT2D eigenvalue weighted by atomic mass is 10.1. The van der Waals surface area contributed by atoms with E-state index < -0.39 is 0 Å². The Morgan fingerprint density at radius 3 is 2.92 bits per heavy atom. The van der Waals surface area contributed by atoms with Crippen LogP contribution in [0.2, 0.25) is 5.02 Å². The third-order valence-corrected chi connectivity index (χ3v) is 4.60. The highest BCUT2D eigenvalue weighted by molar-refractivity contribution is 7.14. The van der Waals surface area contributed by atoms with Crippen LogP contribution in [0.25, 0.3) is 11.3 Å². The fraction of sp³-hybridized carbons (Fsp3) is 0.167. The molecule has 0 spiro atoms. The molecule has 3 rings (SSSR count). The van der Waals surface area contributed by atoms with Crippen LogP contribution < -0.4 is 10.6 Å². The van der Waals surface area contributed by atoms with Crippen LogP contribution in [-0.4, -0.2) is 22.4 Å². The Labute approximate surface area is 155 Å². The van der Waals surface area contributed by atoms with Crippen molar-refractivity contribution in [3.63, 3.8) is 0 Å². The van der Waals surface area contributed by atoms with Crippen molar-refractivity contribution in [1.82, 2.24) is 9.97 Å². The van der Waals surface area contributed by atoms with Crippen molar-refractivity contribution in [2.24, 2.45) is 0 Å². The Balaban J connectivity index is 1.68. The minimum Gasteiger partial charge on any atom is -0.370 e. The number of aromatic nitrogens is 2. The number of hydrogen-bond donors (Lipinski definition) is 2. The molecule has 0 aliphatic heterocycles. The third kappa shape index (κ3) is 4.55. The monoisotopic (exact) mass is 372 g/mol. The van der Waals surface area contributed by atoms with Gasteiger partial charge in [0.05, 0.1) is 12.1 Å². The normalized spacial score (nSPS) is 10.5. The summed E-state index contributed by atoms with van der Waals surface area (Å²) >= 11 is 7.48. The van der Waals surface area contributed by atoms with E-state index in [2.05, 4.69) is 20.6 Å². The van der Waals surface area contributed by atoms with Crippen molar-refractivity contribution < 1.29 is 4.79 Å². The van der Waals surface area contributed by atoms with Gasteiger partial charge in [-0.15, -0.1) is 11.3 Å². The first-order chi connectivity index (χ1) is 12.2. The second-order valence-corrected chi connectivity index (χ2v) is 6.58. The molecule has 0 atom stereocenters. The minimum absolute atomic E-state index is 0.142. The van der Waals surface area contributed by atoms with Crippen LogP contribution >= 0.6 is 22.9 Å². The van der Waals surface area contributed by atoms with E-state index in [1.807, 2.05) is 42.6 Å². The largest absolute Gasteiger partial charge is 0.370 e. The van der Waals surface area contributed by atoms with Gasteiger partial charge in [-0.3, -0.25) is 4.79 Å². The lowest BCUT2D eigenvalue weighted by molar-refractivity contribution is -0.115. The van der Waals surface area contributed by atoms with Crippen LogP contribution in [-0.2, 0) is 11.2 Å². The number of pyridine rings is 1. The Morgan fingerprint density at radius 1 is 1.28 bits per heavy atom. The number of hydrogen-bond acceptors (Lipinski definition) is 5. The summed E-state index contributed by atoms with van der Waals surface area (Å²) in [5, 5.41) is 9.06. The molecule has 0 aliphatic rings. The summed E-state index contributed by atoms with van der Waals surface area (Å²) in [5.74, 6) is 0.661. The van der Waals surface area contributed by atoms with Crippen LogP contribution in [0.15, 0.2) is 48.0 Å². The van der Waals surface area contributed by atoms with Gasteiger partial charge in [0.15, 0.2) is 5.13 Å².